The lowest BCUT2D eigenvalue weighted by atomic mass is 10.1. The maximum Gasteiger partial charge on any atom is 0.178 e. The molecule has 2 aromatic rings. The van der Waals surface area contributed by atoms with Crippen LogP contribution < -0.4 is 0 Å². The molecule has 0 saturated carbocycles. The zero-order chi connectivity index (χ0) is 18.0. The van der Waals surface area contributed by atoms with Crippen molar-refractivity contribution in [3.05, 3.63) is 52.8 Å². The van der Waals surface area contributed by atoms with Crippen LogP contribution in [0.5, 0.6) is 0 Å². The molecule has 1 saturated heterocycles. The second-order valence-corrected chi connectivity index (χ2v) is 6.71. The van der Waals surface area contributed by atoms with E-state index in [2.05, 4.69) is 11.0 Å². The smallest absolute Gasteiger partial charge is 0.178 e. The number of carbonyl (C=O) groups is 1. The van der Waals surface area contributed by atoms with E-state index in [4.69, 9.17) is 5.26 Å². The highest BCUT2D eigenvalue weighted by Crippen LogP contribution is 2.22. The van der Waals surface area contributed by atoms with Gasteiger partial charge in [0.15, 0.2) is 5.78 Å². The Morgan fingerprint density at radius 3 is 2.48 bits per heavy atom. The van der Waals surface area contributed by atoms with Crippen molar-refractivity contribution in [2.24, 2.45) is 0 Å². The molecule has 25 heavy (non-hydrogen) atoms. The molecule has 130 valence electrons. The van der Waals surface area contributed by atoms with E-state index in [9.17, 15) is 9.90 Å². The Morgan fingerprint density at radius 2 is 1.88 bits per heavy atom. The minimum absolute atomic E-state index is 0.115. The van der Waals surface area contributed by atoms with Gasteiger partial charge in [-0.1, -0.05) is 0 Å². The molecule has 3 rings (SSSR count). The third-order valence-corrected chi connectivity index (χ3v) is 4.91. The van der Waals surface area contributed by atoms with Crippen LogP contribution in [0.25, 0.3) is 5.69 Å². The summed E-state index contributed by atoms with van der Waals surface area (Å²) in [4.78, 5) is 14.9. The van der Waals surface area contributed by atoms with Gasteiger partial charge >= 0.3 is 0 Å². The van der Waals surface area contributed by atoms with E-state index in [-0.39, 0.29) is 11.9 Å². The number of nitriles is 1. The molecule has 1 N–H and O–H groups in total. The fraction of sp³-hybridized carbons (Fsp3) is 0.400. The number of hydrogen-bond acceptors (Lipinski definition) is 4. The number of benzene rings is 1. The van der Waals surface area contributed by atoms with Crippen molar-refractivity contribution < 1.29 is 9.90 Å². The molecule has 0 amide bonds. The summed E-state index contributed by atoms with van der Waals surface area (Å²) in [7, 11) is 0. The topological polar surface area (TPSA) is 69.3 Å². The van der Waals surface area contributed by atoms with Gasteiger partial charge in [0, 0.05) is 35.7 Å². The first-order valence-electron chi connectivity index (χ1n) is 8.62. The number of rotatable bonds is 4. The zero-order valence-electron chi connectivity index (χ0n) is 14.7. The van der Waals surface area contributed by atoms with Gasteiger partial charge in [-0.25, -0.2) is 0 Å². The minimum atomic E-state index is -0.229. The Labute approximate surface area is 148 Å². The maximum absolute atomic E-state index is 12.8. The van der Waals surface area contributed by atoms with Crippen molar-refractivity contribution in [2.45, 2.75) is 32.8 Å². The monoisotopic (exact) mass is 337 g/mol. The maximum atomic E-state index is 12.8. The largest absolute Gasteiger partial charge is 0.393 e. The number of nitrogens with zero attached hydrogens (tertiary/aromatic N) is 3. The highest BCUT2D eigenvalue weighted by molar-refractivity contribution is 5.99. The van der Waals surface area contributed by atoms with Gasteiger partial charge in [-0.3, -0.25) is 9.69 Å². The number of hydrogen-bond donors (Lipinski definition) is 1. The molecule has 0 atom stereocenters. The molecular weight excluding hydrogens is 314 g/mol. The van der Waals surface area contributed by atoms with Crippen LogP contribution in [-0.4, -0.2) is 46.1 Å². The SMILES string of the molecule is Cc1cc(C(=O)CN2CCC(O)CC2)c(C)n1-c1ccc(C#N)cc1. The summed E-state index contributed by atoms with van der Waals surface area (Å²) in [5.74, 6) is 0.115. The molecule has 0 bridgehead atoms. The van der Waals surface area contributed by atoms with Gasteiger partial charge in [0.25, 0.3) is 0 Å². The zero-order valence-corrected chi connectivity index (χ0v) is 14.7. The van der Waals surface area contributed by atoms with E-state index in [1.807, 2.05) is 36.6 Å². The van der Waals surface area contributed by atoms with E-state index in [0.29, 0.717) is 12.1 Å². The number of aromatic nitrogens is 1. The van der Waals surface area contributed by atoms with Gasteiger partial charge in [-0.15, -0.1) is 0 Å². The highest BCUT2D eigenvalue weighted by atomic mass is 16.3. The van der Waals surface area contributed by atoms with Crippen LogP contribution in [0, 0.1) is 25.2 Å². The predicted molar refractivity (Wildman–Crippen MR) is 96.0 cm³/mol. The average Bonchev–Trinajstić information content (AvgIpc) is 2.91. The lowest BCUT2D eigenvalue weighted by molar-refractivity contribution is 0.0710. The molecule has 1 aromatic carbocycles. The number of aliphatic hydroxyl groups is 1. The van der Waals surface area contributed by atoms with Crippen molar-refractivity contribution in [1.82, 2.24) is 9.47 Å². The van der Waals surface area contributed by atoms with Gasteiger partial charge in [0.2, 0.25) is 0 Å². The van der Waals surface area contributed by atoms with E-state index < -0.39 is 0 Å². The summed E-state index contributed by atoms with van der Waals surface area (Å²) < 4.78 is 2.05. The fourth-order valence-electron chi connectivity index (χ4n) is 3.49. The molecule has 1 fully saturated rings. The van der Waals surface area contributed by atoms with Crippen LogP contribution >= 0.6 is 0 Å². The van der Waals surface area contributed by atoms with Crippen LogP contribution in [-0.2, 0) is 0 Å². The molecule has 0 unspecified atom stereocenters. The molecule has 5 heteroatoms. The summed E-state index contributed by atoms with van der Waals surface area (Å²) in [6.45, 7) is 5.87. The Bertz CT molecular complexity index is 807. The molecule has 5 nitrogen and oxygen atoms in total. The number of aliphatic hydroxyl groups excluding tert-OH is 1. The molecule has 0 aliphatic carbocycles. The second kappa shape index (κ2) is 7.22. The van der Waals surface area contributed by atoms with Crippen LogP contribution in [0.4, 0.5) is 0 Å². The number of Topliss-reactive ketones (excluding diaryl/α,β-unsaturated/α-hetero) is 1. The first-order valence-corrected chi connectivity index (χ1v) is 8.62. The van der Waals surface area contributed by atoms with Crippen molar-refractivity contribution in [3.8, 4) is 11.8 Å². The Hall–Kier alpha value is -2.42. The van der Waals surface area contributed by atoms with E-state index in [1.54, 1.807) is 12.1 Å². The third kappa shape index (κ3) is 3.65. The highest BCUT2D eigenvalue weighted by Gasteiger charge is 2.22. The summed E-state index contributed by atoms with van der Waals surface area (Å²) in [6, 6.07) is 11.4. The third-order valence-electron chi connectivity index (χ3n) is 4.91. The van der Waals surface area contributed by atoms with Gasteiger partial charge in [0.05, 0.1) is 24.3 Å². The van der Waals surface area contributed by atoms with Gasteiger partial charge in [-0.2, -0.15) is 5.26 Å². The summed E-state index contributed by atoms with van der Waals surface area (Å²) in [5, 5.41) is 18.5. The standard InChI is InChI=1S/C20H23N3O2/c1-14-11-19(20(25)13-22-9-7-18(24)8-10-22)15(2)23(14)17-5-3-16(12-21)4-6-17/h3-6,11,18,24H,7-10,13H2,1-2H3. The summed E-state index contributed by atoms with van der Waals surface area (Å²) >= 11 is 0. The van der Waals surface area contributed by atoms with Gasteiger partial charge in [-0.05, 0) is 57.0 Å². The van der Waals surface area contributed by atoms with Crippen molar-refractivity contribution in [1.29, 1.82) is 5.26 Å². The van der Waals surface area contributed by atoms with Crippen LogP contribution in [0.2, 0.25) is 0 Å². The Kier molecular flexibility index (Phi) is 5.03. The van der Waals surface area contributed by atoms with Crippen LogP contribution in [0.1, 0.15) is 40.2 Å². The van der Waals surface area contributed by atoms with Gasteiger partial charge < -0.3 is 9.67 Å². The van der Waals surface area contributed by atoms with E-state index >= 15 is 0 Å². The van der Waals surface area contributed by atoms with Gasteiger partial charge in [0.1, 0.15) is 0 Å². The van der Waals surface area contributed by atoms with Crippen molar-refractivity contribution in [3.63, 3.8) is 0 Å². The minimum Gasteiger partial charge on any atom is -0.393 e. The molecule has 1 aliphatic rings. The molecule has 1 aromatic heterocycles. The molecule has 0 spiro atoms. The Balaban J connectivity index is 1.81. The molecule has 1 aliphatic heterocycles. The number of aryl methyl sites for hydroxylation is 1. The van der Waals surface area contributed by atoms with Crippen molar-refractivity contribution in [2.75, 3.05) is 19.6 Å². The quantitative estimate of drug-likeness (QED) is 0.871. The van der Waals surface area contributed by atoms with Crippen LogP contribution in [0.15, 0.2) is 30.3 Å². The number of likely N-dealkylation sites (tertiary alicyclic amines) is 1. The van der Waals surface area contributed by atoms with Crippen LogP contribution in [0.3, 0.4) is 0 Å². The normalized spacial score (nSPS) is 15.9. The van der Waals surface area contributed by atoms with E-state index in [0.717, 1.165) is 48.6 Å². The summed E-state index contributed by atoms with van der Waals surface area (Å²) in [6.07, 6.45) is 1.24. The average molecular weight is 337 g/mol. The van der Waals surface area contributed by atoms with E-state index in [1.165, 1.54) is 0 Å². The number of piperidine rings is 1. The second-order valence-electron chi connectivity index (χ2n) is 6.71. The lowest BCUT2D eigenvalue weighted by Crippen LogP contribution is -2.39. The first kappa shape index (κ1) is 17.4. The Morgan fingerprint density at radius 1 is 1.24 bits per heavy atom. The molecule has 2 heterocycles. The van der Waals surface area contributed by atoms with Crippen molar-refractivity contribution >= 4 is 5.78 Å². The molecular formula is C20H23N3O2. The number of carbonyl (C=O) groups excluding carboxylic acids is 1. The fourth-order valence-corrected chi connectivity index (χ4v) is 3.49. The summed E-state index contributed by atoms with van der Waals surface area (Å²) in [5.41, 5.74) is 4.24. The lowest BCUT2D eigenvalue weighted by Gasteiger charge is -2.28. The predicted octanol–water partition coefficient (Wildman–Crippen LogP) is 2.61. The molecule has 0 radical (unpaired) electrons. The number of ketones is 1. The first-order chi connectivity index (χ1) is 12.0.